The van der Waals surface area contributed by atoms with Crippen LogP contribution in [0.2, 0.25) is 0 Å². The fourth-order valence-corrected chi connectivity index (χ4v) is 2.68. The lowest BCUT2D eigenvalue weighted by atomic mass is 9.91. The summed E-state index contributed by atoms with van der Waals surface area (Å²) in [5.41, 5.74) is 1.39. The third-order valence-corrected chi connectivity index (χ3v) is 4.28. The minimum absolute atomic E-state index is 0.770. The van der Waals surface area contributed by atoms with Crippen LogP contribution >= 0.6 is 11.6 Å². The van der Waals surface area contributed by atoms with E-state index in [-0.39, 0.29) is 0 Å². The Morgan fingerprint density at radius 1 is 1.21 bits per heavy atom. The molecule has 0 aromatic heterocycles. The molecule has 0 atom stereocenters. The van der Waals surface area contributed by atoms with Crippen molar-refractivity contribution in [2.75, 3.05) is 26.1 Å². The number of rotatable bonds is 8. The van der Waals surface area contributed by atoms with Crippen molar-refractivity contribution < 1.29 is 4.74 Å². The monoisotopic (exact) mass is 281 g/mol. The first-order valence-corrected chi connectivity index (χ1v) is 7.80. The molecule has 0 N–H and O–H groups in total. The second kappa shape index (κ2) is 7.76. The van der Waals surface area contributed by atoms with E-state index in [1.54, 1.807) is 7.11 Å². The zero-order chi connectivity index (χ0) is 13.5. The molecule has 1 aliphatic carbocycles. The molecule has 1 fully saturated rings. The highest BCUT2D eigenvalue weighted by atomic mass is 35.5. The lowest BCUT2D eigenvalue weighted by molar-refractivity contribution is 0.129. The summed E-state index contributed by atoms with van der Waals surface area (Å²) < 4.78 is 5.19. The van der Waals surface area contributed by atoms with Crippen LogP contribution in [0.25, 0.3) is 0 Å². The molecule has 1 saturated carbocycles. The molecule has 0 bridgehead atoms. The fourth-order valence-electron chi connectivity index (χ4n) is 2.56. The van der Waals surface area contributed by atoms with Crippen molar-refractivity contribution in [3.63, 3.8) is 0 Å². The minimum Gasteiger partial charge on any atom is -0.497 e. The fraction of sp³-hybridized carbons (Fsp3) is 0.625. The SMILES string of the molecule is COc1ccc(CCN(CCCCl)C2CCC2)cc1. The average molecular weight is 282 g/mol. The van der Waals surface area contributed by atoms with Crippen molar-refractivity contribution in [3.05, 3.63) is 29.8 Å². The number of alkyl halides is 1. The molecule has 0 unspecified atom stereocenters. The first-order valence-electron chi connectivity index (χ1n) is 7.26. The van der Waals surface area contributed by atoms with Gasteiger partial charge in [-0.3, -0.25) is 0 Å². The van der Waals surface area contributed by atoms with E-state index in [0.717, 1.165) is 43.6 Å². The molecule has 3 heteroatoms. The van der Waals surface area contributed by atoms with Gasteiger partial charge in [-0.2, -0.15) is 0 Å². The number of hydrogen-bond acceptors (Lipinski definition) is 2. The zero-order valence-electron chi connectivity index (χ0n) is 11.8. The lowest BCUT2D eigenvalue weighted by Crippen LogP contribution is -2.42. The van der Waals surface area contributed by atoms with E-state index in [2.05, 4.69) is 17.0 Å². The van der Waals surface area contributed by atoms with Crippen LogP contribution in [0.5, 0.6) is 5.75 Å². The summed E-state index contributed by atoms with van der Waals surface area (Å²) in [6.45, 7) is 2.29. The number of hydrogen-bond donors (Lipinski definition) is 0. The molecule has 2 rings (SSSR count). The van der Waals surface area contributed by atoms with Crippen LogP contribution in [0.15, 0.2) is 24.3 Å². The van der Waals surface area contributed by atoms with Crippen molar-refractivity contribution in [1.29, 1.82) is 0 Å². The minimum atomic E-state index is 0.770. The zero-order valence-corrected chi connectivity index (χ0v) is 12.5. The molecule has 19 heavy (non-hydrogen) atoms. The maximum absolute atomic E-state index is 5.82. The molecule has 1 aliphatic rings. The topological polar surface area (TPSA) is 12.5 Å². The van der Waals surface area contributed by atoms with Crippen molar-refractivity contribution in [2.24, 2.45) is 0 Å². The predicted octanol–water partition coefficient (Wildman–Crippen LogP) is 3.72. The number of nitrogens with zero attached hydrogens (tertiary/aromatic N) is 1. The highest BCUT2D eigenvalue weighted by Crippen LogP contribution is 2.25. The highest BCUT2D eigenvalue weighted by molar-refractivity contribution is 6.17. The summed E-state index contributed by atoms with van der Waals surface area (Å²) >= 11 is 5.82. The van der Waals surface area contributed by atoms with E-state index in [1.165, 1.54) is 24.8 Å². The van der Waals surface area contributed by atoms with Crippen molar-refractivity contribution in [3.8, 4) is 5.75 Å². The van der Waals surface area contributed by atoms with Gasteiger partial charge in [-0.1, -0.05) is 18.6 Å². The first-order chi connectivity index (χ1) is 9.33. The molecule has 0 radical (unpaired) electrons. The Hall–Kier alpha value is -0.730. The second-order valence-corrected chi connectivity index (χ2v) is 5.64. The Morgan fingerprint density at radius 2 is 1.95 bits per heavy atom. The summed E-state index contributed by atoms with van der Waals surface area (Å²) in [5, 5.41) is 0. The van der Waals surface area contributed by atoms with Gasteiger partial charge >= 0.3 is 0 Å². The number of methoxy groups -OCH3 is 1. The molecular weight excluding hydrogens is 258 g/mol. The largest absolute Gasteiger partial charge is 0.497 e. The normalized spacial score (nSPS) is 15.5. The van der Waals surface area contributed by atoms with Crippen LogP contribution in [0.3, 0.4) is 0 Å². The van der Waals surface area contributed by atoms with Gasteiger partial charge in [0.25, 0.3) is 0 Å². The Labute approximate surface area is 121 Å². The molecule has 0 heterocycles. The molecule has 0 aliphatic heterocycles. The van der Waals surface area contributed by atoms with E-state index in [4.69, 9.17) is 16.3 Å². The second-order valence-electron chi connectivity index (χ2n) is 5.26. The quantitative estimate of drug-likeness (QED) is 0.674. The molecule has 0 spiro atoms. The van der Waals surface area contributed by atoms with Crippen molar-refractivity contribution >= 4 is 11.6 Å². The van der Waals surface area contributed by atoms with Crippen molar-refractivity contribution in [1.82, 2.24) is 4.90 Å². The van der Waals surface area contributed by atoms with Crippen LogP contribution in [-0.2, 0) is 6.42 Å². The first kappa shape index (κ1) is 14.7. The molecule has 2 nitrogen and oxygen atoms in total. The molecule has 1 aromatic carbocycles. The van der Waals surface area contributed by atoms with Gasteiger partial charge < -0.3 is 9.64 Å². The van der Waals surface area contributed by atoms with Crippen molar-refractivity contribution in [2.45, 2.75) is 38.1 Å². The number of benzene rings is 1. The van der Waals surface area contributed by atoms with Gasteiger partial charge in [0.1, 0.15) is 5.75 Å². The van der Waals surface area contributed by atoms with E-state index in [1.807, 2.05) is 12.1 Å². The molecule has 0 amide bonds. The molecule has 0 saturated heterocycles. The summed E-state index contributed by atoms with van der Waals surface area (Å²) in [5.74, 6) is 1.70. The van der Waals surface area contributed by atoms with Gasteiger partial charge in [0.05, 0.1) is 7.11 Å². The van der Waals surface area contributed by atoms with Crippen LogP contribution < -0.4 is 4.74 Å². The van der Waals surface area contributed by atoms with Gasteiger partial charge in [0.15, 0.2) is 0 Å². The summed E-state index contributed by atoms with van der Waals surface area (Å²) in [4.78, 5) is 2.62. The molecular formula is C16H24ClNO. The van der Waals surface area contributed by atoms with E-state index >= 15 is 0 Å². The Balaban J connectivity index is 1.82. The van der Waals surface area contributed by atoms with Crippen LogP contribution in [-0.4, -0.2) is 37.0 Å². The summed E-state index contributed by atoms with van der Waals surface area (Å²) in [7, 11) is 1.71. The molecule has 1 aromatic rings. The van der Waals surface area contributed by atoms with Crippen LogP contribution in [0, 0.1) is 0 Å². The number of ether oxygens (including phenoxy) is 1. The Morgan fingerprint density at radius 3 is 2.47 bits per heavy atom. The summed E-state index contributed by atoms with van der Waals surface area (Å²) in [6.07, 6.45) is 6.34. The summed E-state index contributed by atoms with van der Waals surface area (Å²) in [6, 6.07) is 9.23. The van der Waals surface area contributed by atoms with Crippen LogP contribution in [0.1, 0.15) is 31.2 Å². The third-order valence-electron chi connectivity index (χ3n) is 4.02. The van der Waals surface area contributed by atoms with Gasteiger partial charge in [-0.15, -0.1) is 11.6 Å². The lowest BCUT2D eigenvalue weighted by Gasteiger charge is -2.37. The number of halogens is 1. The third kappa shape index (κ3) is 4.39. The van der Waals surface area contributed by atoms with Gasteiger partial charge in [0, 0.05) is 18.5 Å². The maximum atomic E-state index is 5.82. The van der Waals surface area contributed by atoms with E-state index in [9.17, 15) is 0 Å². The van der Waals surface area contributed by atoms with Gasteiger partial charge in [0.2, 0.25) is 0 Å². The van der Waals surface area contributed by atoms with E-state index < -0.39 is 0 Å². The Bertz CT molecular complexity index is 362. The molecule has 106 valence electrons. The van der Waals surface area contributed by atoms with E-state index in [0.29, 0.717) is 0 Å². The maximum Gasteiger partial charge on any atom is 0.118 e. The van der Waals surface area contributed by atoms with Crippen LogP contribution in [0.4, 0.5) is 0 Å². The predicted molar refractivity (Wildman–Crippen MR) is 81.2 cm³/mol. The van der Waals surface area contributed by atoms with Gasteiger partial charge in [-0.25, -0.2) is 0 Å². The average Bonchev–Trinajstić information content (AvgIpc) is 2.40. The highest BCUT2D eigenvalue weighted by Gasteiger charge is 2.23. The van der Waals surface area contributed by atoms with Gasteiger partial charge in [-0.05, 0) is 49.9 Å². The standard InChI is InChI=1S/C16H24ClNO/c1-19-16-8-6-14(7-9-16)10-13-18(12-3-11-17)15-4-2-5-15/h6-9,15H,2-5,10-13H2,1H3. The smallest absolute Gasteiger partial charge is 0.118 e. The Kier molecular flexibility index (Phi) is 5.99.